The minimum Gasteiger partial charge on any atom is -0.311 e. The third kappa shape index (κ3) is 2.27. The van der Waals surface area contributed by atoms with Gasteiger partial charge in [-0.3, -0.25) is 4.79 Å². The molecule has 1 saturated heterocycles. The van der Waals surface area contributed by atoms with Crippen LogP contribution in [-0.2, 0) is 4.79 Å². The van der Waals surface area contributed by atoms with Gasteiger partial charge in [-0.15, -0.1) is 0 Å². The smallest absolute Gasteiger partial charge is 0.244 e. The third-order valence-corrected chi connectivity index (χ3v) is 3.69. The van der Waals surface area contributed by atoms with Crippen LogP contribution in [0.5, 0.6) is 0 Å². The molecule has 0 saturated carbocycles. The largest absolute Gasteiger partial charge is 0.311 e. The van der Waals surface area contributed by atoms with Gasteiger partial charge in [0, 0.05) is 12.2 Å². The minimum absolute atomic E-state index is 0.0288. The molecule has 98 valence electrons. The molecule has 1 aromatic carbocycles. The number of likely N-dealkylation sites (N-methyl/N-ethyl adjacent to an activating group) is 1. The highest BCUT2D eigenvalue weighted by Gasteiger charge is 2.29. The van der Waals surface area contributed by atoms with Crippen LogP contribution in [0, 0.1) is 20.8 Å². The fourth-order valence-electron chi connectivity index (χ4n) is 2.96. The van der Waals surface area contributed by atoms with Gasteiger partial charge < -0.3 is 10.2 Å². The number of carbonyl (C=O) groups excluding carboxylic acids is 1. The van der Waals surface area contributed by atoms with E-state index in [2.05, 4.69) is 38.2 Å². The molecule has 0 bridgehead atoms. The molecule has 1 amide bonds. The van der Waals surface area contributed by atoms with Crippen molar-refractivity contribution in [3.8, 4) is 0 Å². The van der Waals surface area contributed by atoms with Gasteiger partial charge in [0.25, 0.3) is 0 Å². The lowest BCUT2D eigenvalue weighted by Gasteiger charge is -2.34. The highest BCUT2D eigenvalue weighted by atomic mass is 16.2. The summed E-state index contributed by atoms with van der Waals surface area (Å²) in [5.74, 6) is 0.207. The summed E-state index contributed by atoms with van der Waals surface area (Å²) in [6, 6.07) is 4.27. The van der Waals surface area contributed by atoms with E-state index < -0.39 is 0 Å². The maximum absolute atomic E-state index is 12.4. The SMILES string of the molecule is CNC1CCCN(c2c(C)cc(C)cc2C)C1=O. The van der Waals surface area contributed by atoms with E-state index in [4.69, 9.17) is 0 Å². The molecule has 0 aromatic heterocycles. The van der Waals surface area contributed by atoms with E-state index in [9.17, 15) is 4.79 Å². The van der Waals surface area contributed by atoms with Gasteiger partial charge in [-0.25, -0.2) is 0 Å². The number of carbonyl (C=O) groups is 1. The topological polar surface area (TPSA) is 32.3 Å². The van der Waals surface area contributed by atoms with Crippen LogP contribution in [0.3, 0.4) is 0 Å². The van der Waals surface area contributed by atoms with E-state index >= 15 is 0 Å². The van der Waals surface area contributed by atoms with Crippen LogP contribution in [0.1, 0.15) is 29.5 Å². The summed E-state index contributed by atoms with van der Waals surface area (Å²) in [6.45, 7) is 7.11. The van der Waals surface area contributed by atoms with Crippen LogP contribution >= 0.6 is 0 Å². The van der Waals surface area contributed by atoms with Crippen molar-refractivity contribution in [1.82, 2.24) is 5.32 Å². The summed E-state index contributed by atoms with van der Waals surface area (Å²) >= 11 is 0. The molecule has 1 unspecified atom stereocenters. The summed E-state index contributed by atoms with van der Waals surface area (Å²) in [5.41, 5.74) is 4.74. The Morgan fingerprint density at radius 2 is 1.83 bits per heavy atom. The molecular weight excluding hydrogens is 224 g/mol. The molecule has 0 radical (unpaired) electrons. The predicted octanol–water partition coefficient (Wildman–Crippen LogP) is 2.33. The van der Waals surface area contributed by atoms with E-state index in [1.807, 2.05) is 11.9 Å². The first kappa shape index (κ1) is 13.1. The maximum Gasteiger partial charge on any atom is 0.244 e. The number of hydrogen-bond donors (Lipinski definition) is 1. The van der Waals surface area contributed by atoms with Crippen molar-refractivity contribution in [3.05, 3.63) is 28.8 Å². The lowest BCUT2D eigenvalue weighted by molar-refractivity contribution is -0.121. The van der Waals surface area contributed by atoms with Crippen LogP contribution in [0.15, 0.2) is 12.1 Å². The minimum atomic E-state index is -0.0288. The molecule has 1 heterocycles. The van der Waals surface area contributed by atoms with Gasteiger partial charge in [-0.1, -0.05) is 17.7 Å². The van der Waals surface area contributed by atoms with Crippen molar-refractivity contribution < 1.29 is 4.79 Å². The number of hydrogen-bond acceptors (Lipinski definition) is 2. The Balaban J connectivity index is 2.39. The van der Waals surface area contributed by atoms with Gasteiger partial charge >= 0.3 is 0 Å². The van der Waals surface area contributed by atoms with Crippen molar-refractivity contribution in [2.75, 3.05) is 18.5 Å². The molecule has 1 fully saturated rings. The Morgan fingerprint density at radius 1 is 1.22 bits per heavy atom. The van der Waals surface area contributed by atoms with Crippen molar-refractivity contribution >= 4 is 11.6 Å². The number of aryl methyl sites for hydroxylation is 3. The maximum atomic E-state index is 12.4. The lowest BCUT2D eigenvalue weighted by Crippen LogP contribution is -2.50. The Labute approximate surface area is 109 Å². The van der Waals surface area contributed by atoms with Crippen molar-refractivity contribution in [1.29, 1.82) is 0 Å². The highest BCUT2D eigenvalue weighted by molar-refractivity contribution is 5.99. The summed E-state index contributed by atoms with van der Waals surface area (Å²) < 4.78 is 0. The number of nitrogens with one attached hydrogen (secondary N) is 1. The van der Waals surface area contributed by atoms with E-state index in [1.54, 1.807) is 0 Å². The average molecular weight is 246 g/mol. The van der Waals surface area contributed by atoms with Crippen molar-refractivity contribution in [2.45, 2.75) is 39.7 Å². The van der Waals surface area contributed by atoms with Crippen LogP contribution in [0.4, 0.5) is 5.69 Å². The second-order valence-electron chi connectivity index (χ2n) is 5.22. The second-order valence-corrected chi connectivity index (χ2v) is 5.22. The number of nitrogens with zero attached hydrogens (tertiary/aromatic N) is 1. The first-order chi connectivity index (χ1) is 8.54. The molecule has 3 nitrogen and oxygen atoms in total. The number of rotatable bonds is 2. The molecule has 1 aliphatic heterocycles. The summed E-state index contributed by atoms with van der Waals surface area (Å²) in [7, 11) is 1.86. The van der Waals surface area contributed by atoms with Crippen molar-refractivity contribution in [2.24, 2.45) is 0 Å². The van der Waals surface area contributed by atoms with Gasteiger partial charge in [0.1, 0.15) is 0 Å². The molecule has 18 heavy (non-hydrogen) atoms. The van der Waals surface area contributed by atoms with Gasteiger partial charge in [-0.05, 0) is 51.8 Å². The monoisotopic (exact) mass is 246 g/mol. The average Bonchev–Trinajstić information content (AvgIpc) is 2.30. The predicted molar refractivity (Wildman–Crippen MR) is 75.1 cm³/mol. The fourth-order valence-corrected chi connectivity index (χ4v) is 2.96. The van der Waals surface area contributed by atoms with Gasteiger partial charge in [-0.2, -0.15) is 0 Å². The second kappa shape index (κ2) is 5.11. The molecule has 1 aliphatic rings. The molecular formula is C15H22N2O. The van der Waals surface area contributed by atoms with Crippen molar-refractivity contribution in [3.63, 3.8) is 0 Å². The lowest BCUT2D eigenvalue weighted by atomic mass is 9.99. The Kier molecular flexibility index (Phi) is 3.71. The van der Waals surface area contributed by atoms with Crippen LogP contribution < -0.4 is 10.2 Å². The fraction of sp³-hybridized carbons (Fsp3) is 0.533. The van der Waals surface area contributed by atoms with Gasteiger partial charge in [0.15, 0.2) is 0 Å². The quantitative estimate of drug-likeness (QED) is 0.868. The molecule has 2 rings (SSSR count). The molecule has 1 N–H and O–H groups in total. The van der Waals surface area contributed by atoms with E-state index in [1.165, 1.54) is 16.7 Å². The highest BCUT2D eigenvalue weighted by Crippen LogP contribution is 2.29. The zero-order chi connectivity index (χ0) is 13.3. The van der Waals surface area contributed by atoms with E-state index in [0.717, 1.165) is 25.1 Å². The number of anilines is 1. The third-order valence-electron chi connectivity index (χ3n) is 3.69. The zero-order valence-corrected chi connectivity index (χ0v) is 11.7. The summed E-state index contributed by atoms with van der Waals surface area (Å²) in [6.07, 6.45) is 2.00. The van der Waals surface area contributed by atoms with Gasteiger partial charge in [0.2, 0.25) is 5.91 Å². The first-order valence-electron chi connectivity index (χ1n) is 6.61. The Hall–Kier alpha value is -1.35. The first-order valence-corrected chi connectivity index (χ1v) is 6.61. The molecule has 1 aromatic rings. The van der Waals surface area contributed by atoms with E-state index in [0.29, 0.717) is 0 Å². The number of piperidine rings is 1. The summed E-state index contributed by atoms with van der Waals surface area (Å²) in [4.78, 5) is 14.4. The summed E-state index contributed by atoms with van der Waals surface area (Å²) in [5, 5.41) is 3.11. The van der Waals surface area contributed by atoms with Crippen LogP contribution in [0.2, 0.25) is 0 Å². The normalized spacial score (nSPS) is 20.3. The van der Waals surface area contributed by atoms with Gasteiger partial charge in [0.05, 0.1) is 6.04 Å². The molecule has 1 atom stereocenters. The van der Waals surface area contributed by atoms with Crippen LogP contribution in [-0.4, -0.2) is 25.5 Å². The standard InChI is InChI=1S/C15H22N2O/c1-10-8-11(2)14(12(3)9-10)17-7-5-6-13(16-4)15(17)18/h8-9,13,16H,5-7H2,1-4H3. The Morgan fingerprint density at radius 3 is 2.39 bits per heavy atom. The Bertz CT molecular complexity index is 445. The molecule has 0 aliphatic carbocycles. The molecule has 0 spiro atoms. The number of amides is 1. The number of benzene rings is 1. The van der Waals surface area contributed by atoms with Crippen LogP contribution in [0.25, 0.3) is 0 Å². The molecule has 3 heteroatoms. The van der Waals surface area contributed by atoms with E-state index in [-0.39, 0.29) is 11.9 Å². The zero-order valence-electron chi connectivity index (χ0n) is 11.7.